The number of benzene rings is 3. The quantitative estimate of drug-likeness (QED) is 0.287. The highest BCUT2D eigenvalue weighted by Crippen LogP contribution is 2.34. The average molecular weight is 588 g/mol. The molecule has 3 aromatic carbocycles. The van der Waals surface area contributed by atoms with Crippen LogP contribution in [0.3, 0.4) is 0 Å². The minimum absolute atomic E-state index is 0.148. The van der Waals surface area contributed by atoms with Gasteiger partial charge in [-0.25, -0.2) is 16.8 Å². The predicted molar refractivity (Wildman–Crippen MR) is 136 cm³/mol. The lowest BCUT2D eigenvalue weighted by Gasteiger charge is -2.31. The molecular weight excluding hydrogens is 563 g/mol. The van der Waals surface area contributed by atoms with Gasteiger partial charge in [0, 0.05) is 0 Å². The van der Waals surface area contributed by atoms with Crippen LogP contribution in [-0.4, -0.2) is 34.6 Å². The zero-order valence-electron chi connectivity index (χ0n) is 19.8. The lowest BCUT2D eigenvalue weighted by atomic mass is 9.95. The number of rotatable bonds is 9. The average Bonchev–Trinajstić information content (AvgIpc) is 2.86. The molecule has 0 unspecified atom stereocenters. The van der Waals surface area contributed by atoms with Crippen molar-refractivity contribution in [1.29, 1.82) is 0 Å². The van der Waals surface area contributed by atoms with Gasteiger partial charge in [-0.05, 0) is 74.2 Å². The van der Waals surface area contributed by atoms with Crippen LogP contribution >= 0.6 is 0 Å². The van der Waals surface area contributed by atoms with Gasteiger partial charge in [0.2, 0.25) is 10.3 Å². The third-order valence-electron chi connectivity index (χ3n) is 5.68. The largest absolute Gasteiger partial charge is 0.490 e. The summed E-state index contributed by atoms with van der Waals surface area (Å²) in [6.07, 6.45) is -0.225. The highest BCUT2D eigenvalue weighted by atomic mass is 32.3. The topological polar surface area (TPSA) is 101 Å². The van der Waals surface area contributed by atoms with Crippen LogP contribution in [0.2, 0.25) is 0 Å². The summed E-state index contributed by atoms with van der Waals surface area (Å²) in [5.41, 5.74) is -5.83. The molecule has 3 aromatic rings. The van der Waals surface area contributed by atoms with Crippen LogP contribution in [0, 0.1) is 0 Å². The molecule has 0 heterocycles. The SMILES string of the molecule is O=S(=O)([N-]S(=O)(=O)C(F)(F)F)OC1CCC(Oc2ccc([S+](c3ccccc3)c3ccccc3)cc2)CC1. The van der Waals surface area contributed by atoms with Crippen molar-refractivity contribution in [1.82, 2.24) is 0 Å². The molecule has 0 aromatic heterocycles. The van der Waals surface area contributed by atoms with E-state index in [4.69, 9.17) is 4.74 Å². The van der Waals surface area contributed by atoms with Gasteiger partial charge < -0.3 is 8.86 Å². The summed E-state index contributed by atoms with van der Waals surface area (Å²) in [4.78, 5) is 3.46. The number of nitrogens with zero attached hydrogens (tertiary/aromatic N) is 1. The Labute approximate surface area is 222 Å². The van der Waals surface area contributed by atoms with E-state index in [1.165, 1.54) is 9.79 Å². The Morgan fingerprint density at radius 2 is 1.13 bits per heavy atom. The summed E-state index contributed by atoms with van der Waals surface area (Å²) in [7, 11) is -11.8. The Kier molecular flexibility index (Phi) is 8.72. The second kappa shape index (κ2) is 11.7. The molecule has 7 nitrogen and oxygen atoms in total. The minimum atomic E-state index is -6.22. The lowest BCUT2D eigenvalue weighted by molar-refractivity contribution is -0.0425. The number of hydrogen-bond donors (Lipinski definition) is 0. The fourth-order valence-electron chi connectivity index (χ4n) is 3.97. The minimum Gasteiger partial charge on any atom is -0.490 e. The van der Waals surface area contributed by atoms with Crippen molar-refractivity contribution < 1.29 is 38.9 Å². The van der Waals surface area contributed by atoms with Gasteiger partial charge in [-0.15, -0.1) is 0 Å². The van der Waals surface area contributed by atoms with E-state index in [-0.39, 0.29) is 29.8 Å². The first kappa shape index (κ1) is 28.4. The number of alkyl halides is 3. The molecule has 0 atom stereocenters. The maximum atomic E-state index is 12.4. The zero-order valence-corrected chi connectivity index (χ0v) is 22.3. The zero-order chi connectivity index (χ0) is 27.4. The fourth-order valence-corrected chi connectivity index (χ4v) is 8.03. The third kappa shape index (κ3) is 7.29. The molecule has 0 radical (unpaired) electrons. The van der Waals surface area contributed by atoms with E-state index < -0.39 is 31.9 Å². The van der Waals surface area contributed by atoms with E-state index in [0.717, 1.165) is 4.90 Å². The maximum Gasteiger partial charge on any atom is 0.480 e. The smallest absolute Gasteiger partial charge is 0.480 e. The van der Waals surface area contributed by atoms with Gasteiger partial charge in [-0.2, -0.15) is 13.2 Å². The summed E-state index contributed by atoms with van der Waals surface area (Å²) in [6.45, 7) is 0. The lowest BCUT2D eigenvalue weighted by Crippen LogP contribution is -2.31. The summed E-state index contributed by atoms with van der Waals surface area (Å²) in [5.74, 6) is 0.627. The number of hydrogen-bond acceptors (Lipinski definition) is 6. The maximum absolute atomic E-state index is 12.4. The Morgan fingerprint density at radius 1 is 0.684 bits per heavy atom. The van der Waals surface area contributed by atoms with Gasteiger partial charge in [0.05, 0.1) is 23.1 Å². The van der Waals surface area contributed by atoms with Crippen LogP contribution in [0.15, 0.2) is 99.6 Å². The van der Waals surface area contributed by atoms with Gasteiger partial charge in [0.1, 0.15) is 5.75 Å². The van der Waals surface area contributed by atoms with Crippen molar-refractivity contribution in [2.24, 2.45) is 0 Å². The monoisotopic (exact) mass is 587 g/mol. The van der Waals surface area contributed by atoms with Gasteiger partial charge in [0.25, 0.3) is 0 Å². The van der Waals surface area contributed by atoms with Crippen LogP contribution in [0.25, 0.3) is 4.13 Å². The van der Waals surface area contributed by atoms with Crippen LogP contribution in [0.5, 0.6) is 5.75 Å². The van der Waals surface area contributed by atoms with Gasteiger partial charge in [0.15, 0.2) is 24.7 Å². The van der Waals surface area contributed by atoms with Crippen LogP contribution in [-0.2, 0) is 35.4 Å². The van der Waals surface area contributed by atoms with Crippen molar-refractivity contribution >= 4 is 31.2 Å². The molecule has 1 aliphatic carbocycles. The molecule has 0 spiro atoms. The first-order chi connectivity index (χ1) is 17.9. The summed E-state index contributed by atoms with van der Waals surface area (Å²) >= 11 is 0. The van der Waals surface area contributed by atoms with Crippen molar-refractivity contribution in [3.8, 4) is 5.75 Å². The molecule has 1 aliphatic rings. The predicted octanol–water partition coefficient (Wildman–Crippen LogP) is 5.96. The molecule has 1 fully saturated rings. The van der Waals surface area contributed by atoms with Crippen molar-refractivity contribution in [2.75, 3.05) is 0 Å². The normalized spacial score (nSPS) is 18.8. The molecular formula is C25H24F3NO6S3. The summed E-state index contributed by atoms with van der Waals surface area (Å²) in [5, 5.41) is 0. The standard InChI is InChI=1S/C25H24F3NO6S3/c26-25(27,28)37(30,31)29-38(32,33)35-21-13-11-19(12-14-21)34-20-15-17-24(18-16-20)36(22-7-3-1-4-8-22)23-9-5-2-6-10-23/h1-10,15-19,21H,11-14H2. The second-order valence-electron chi connectivity index (χ2n) is 8.44. The molecule has 0 N–H and O–H groups in total. The Hall–Kier alpha value is -2.58. The molecule has 0 amide bonds. The summed E-state index contributed by atoms with van der Waals surface area (Å²) < 4.78 is 95.3. The molecule has 1 saturated carbocycles. The summed E-state index contributed by atoms with van der Waals surface area (Å²) in [6, 6.07) is 28.1. The highest BCUT2D eigenvalue weighted by molar-refractivity contribution is 8.10. The van der Waals surface area contributed by atoms with Crippen molar-refractivity contribution in [3.05, 3.63) is 89.1 Å². The third-order valence-corrected chi connectivity index (χ3v) is 10.5. The van der Waals surface area contributed by atoms with Crippen LogP contribution in [0.4, 0.5) is 13.2 Å². The van der Waals surface area contributed by atoms with E-state index in [2.05, 4.69) is 28.4 Å². The molecule has 204 valence electrons. The van der Waals surface area contributed by atoms with Gasteiger partial charge in [-0.3, -0.25) is 4.18 Å². The van der Waals surface area contributed by atoms with Gasteiger partial charge in [-0.1, -0.05) is 36.4 Å². The highest BCUT2D eigenvalue weighted by Gasteiger charge is 2.41. The van der Waals surface area contributed by atoms with Crippen LogP contribution in [0.1, 0.15) is 25.7 Å². The number of ether oxygens (including phenoxy) is 1. The van der Waals surface area contributed by atoms with Crippen molar-refractivity contribution in [3.63, 3.8) is 0 Å². The number of sulfonamides is 1. The first-order valence-corrected chi connectivity index (χ1v) is 15.6. The Morgan fingerprint density at radius 3 is 1.61 bits per heavy atom. The Bertz CT molecular complexity index is 1370. The van der Waals surface area contributed by atoms with E-state index >= 15 is 0 Å². The molecule has 4 rings (SSSR count). The van der Waals surface area contributed by atoms with E-state index in [9.17, 15) is 30.0 Å². The molecule has 0 bridgehead atoms. The second-order valence-corrected chi connectivity index (χ2v) is 13.5. The fraction of sp³-hybridized carbons (Fsp3) is 0.280. The van der Waals surface area contributed by atoms with Crippen LogP contribution < -0.4 is 4.74 Å². The van der Waals surface area contributed by atoms with E-state index in [1.54, 1.807) is 0 Å². The first-order valence-electron chi connectivity index (χ1n) is 11.5. The molecule has 0 aliphatic heterocycles. The molecule has 0 saturated heterocycles. The molecule has 38 heavy (non-hydrogen) atoms. The van der Waals surface area contributed by atoms with Gasteiger partial charge >= 0.3 is 5.51 Å². The Balaban J connectivity index is 1.36. The molecule has 13 heteroatoms. The van der Waals surface area contributed by atoms with Crippen molar-refractivity contribution in [2.45, 2.75) is 58.1 Å². The van der Waals surface area contributed by atoms with E-state index in [1.807, 2.05) is 64.8 Å². The van der Waals surface area contributed by atoms with E-state index in [0.29, 0.717) is 18.6 Å². The number of halogens is 3.